The summed E-state index contributed by atoms with van der Waals surface area (Å²) in [5.41, 5.74) is 2.89. The van der Waals surface area contributed by atoms with Gasteiger partial charge in [-0.05, 0) is 38.0 Å². The Balaban J connectivity index is 0.000000945. The first-order valence-corrected chi connectivity index (χ1v) is 11.1. The quantitative estimate of drug-likeness (QED) is 0.276. The van der Waals surface area contributed by atoms with Gasteiger partial charge in [0, 0.05) is 32.6 Å². The van der Waals surface area contributed by atoms with Gasteiger partial charge in [0.25, 0.3) is 5.97 Å². The third-order valence-electron chi connectivity index (χ3n) is 5.05. The van der Waals surface area contributed by atoms with E-state index < -0.39 is 5.97 Å². The number of carboxylic acids is 1. The molecule has 0 radical (unpaired) electrons. The van der Waals surface area contributed by atoms with Crippen LogP contribution in [0, 0.1) is 18.4 Å². The molecule has 1 unspecified atom stereocenters. The van der Waals surface area contributed by atoms with Gasteiger partial charge < -0.3 is 20.2 Å². The van der Waals surface area contributed by atoms with Crippen molar-refractivity contribution in [2.45, 2.75) is 39.8 Å². The summed E-state index contributed by atoms with van der Waals surface area (Å²) < 4.78 is 0. The molecule has 3 rings (SSSR count). The Morgan fingerprint density at radius 3 is 2.32 bits per heavy atom. The predicted molar refractivity (Wildman–Crippen MR) is 131 cm³/mol. The van der Waals surface area contributed by atoms with Gasteiger partial charge in [-0.3, -0.25) is 10.1 Å². The van der Waals surface area contributed by atoms with Gasteiger partial charge in [-0.25, -0.2) is 9.79 Å². The Kier molecular flexibility index (Phi) is 9.90. The summed E-state index contributed by atoms with van der Waals surface area (Å²) in [6, 6.07) is 17.6. The minimum atomic E-state index is -0.833. The Bertz CT molecular complexity index is 1030. The number of hydrogen-bond acceptors (Lipinski definition) is 4. The van der Waals surface area contributed by atoms with E-state index in [1.165, 1.54) is 0 Å². The van der Waals surface area contributed by atoms with E-state index in [-0.39, 0.29) is 18.1 Å². The number of hydrogen-bond donors (Lipinski definition) is 3. The number of aryl methyl sites for hydroxylation is 1. The van der Waals surface area contributed by atoms with Gasteiger partial charge in [0.15, 0.2) is 6.19 Å². The van der Waals surface area contributed by atoms with Crippen LogP contribution in [0.2, 0.25) is 0 Å². The summed E-state index contributed by atoms with van der Waals surface area (Å²) in [5.74, 6) is -0.336. The number of nitrogens with zero attached hydrogens (tertiary/aromatic N) is 4. The first-order chi connectivity index (χ1) is 16.2. The molecule has 9 nitrogen and oxygen atoms in total. The van der Waals surface area contributed by atoms with Crippen molar-refractivity contribution in [3.05, 3.63) is 65.7 Å². The maximum atomic E-state index is 12.8. The number of aliphatic carboxylic acids is 1. The first kappa shape index (κ1) is 26.2. The Morgan fingerprint density at radius 1 is 1.12 bits per heavy atom. The van der Waals surface area contributed by atoms with Crippen LogP contribution in [-0.4, -0.2) is 58.5 Å². The van der Waals surface area contributed by atoms with Crippen LogP contribution in [0.25, 0.3) is 0 Å². The molecule has 34 heavy (non-hydrogen) atoms. The fourth-order valence-electron chi connectivity index (χ4n) is 3.54. The highest BCUT2D eigenvalue weighted by Crippen LogP contribution is 2.26. The van der Waals surface area contributed by atoms with Gasteiger partial charge in [0.2, 0.25) is 5.96 Å². The number of aliphatic imine (C=N–C) groups is 1. The molecule has 2 amide bonds. The second-order valence-electron chi connectivity index (χ2n) is 8.15. The molecule has 9 heteroatoms. The normalized spacial score (nSPS) is 15.6. The smallest absolute Gasteiger partial charge is 0.318 e. The standard InChI is InChI=1S/C23H28N6O.C2H4O2/c1-17(2)26-23(30)29-14-13-28(15-21(29)19-10-5-4-6-11-19)22(25-16-24)27-20-12-8-7-9-18(20)3;1-2(3)4/h4-12,17,21H,13-15H2,1-3H3,(H,25,27)(H,26,30);1H3,(H,3,4). The van der Waals surface area contributed by atoms with Gasteiger partial charge in [-0.1, -0.05) is 48.5 Å². The van der Waals surface area contributed by atoms with Crippen molar-refractivity contribution in [3.63, 3.8) is 0 Å². The average Bonchev–Trinajstić information content (AvgIpc) is 2.79. The Hall–Kier alpha value is -4.06. The van der Waals surface area contributed by atoms with Crippen molar-refractivity contribution in [2.24, 2.45) is 4.99 Å². The number of benzene rings is 2. The lowest BCUT2D eigenvalue weighted by Gasteiger charge is -2.42. The van der Waals surface area contributed by atoms with E-state index in [1.54, 1.807) is 0 Å². The zero-order valence-corrected chi connectivity index (χ0v) is 20.0. The van der Waals surface area contributed by atoms with Crippen LogP contribution in [-0.2, 0) is 4.79 Å². The average molecular weight is 465 g/mol. The Labute approximate surface area is 200 Å². The lowest BCUT2D eigenvalue weighted by Crippen LogP contribution is -2.57. The molecule has 1 aliphatic rings. The summed E-state index contributed by atoms with van der Waals surface area (Å²) in [6.07, 6.45) is 2.00. The molecule has 1 fully saturated rings. The molecule has 1 aliphatic heterocycles. The van der Waals surface area contributed by atoms with E-state index in [2.05, 4.69) is 10.6 Å². The minimum Gasteiger partial charge on any atom is -0.481 e. The van der Waals surface area contributed by atoms with Gasteiger partial charge in [0.05, 0.1) is 11.7 Å². The zero-order valence-electron chi connectivity index (χ0n) is 20.0. The van der Waals surface area contributed by atoms with Crippen molar-refractivity contribution < 1.29 is 14.7 Å². The lowest BCUT2D eigenvalue weighted by molar-refractivity contribution is -0.134. The fraction of sp³-hybridized carbons (Fsp3) is 0.360. The number of para-hydroxylation sites is 1. The minimum absolute atomic E-state index is 0.0605. The number of nitriles is 1. The third kappa shape index (κ3) is 7.81. The van der Waals surface area contributed by atoms with E-state index in [0.717, 1.165) is 23.7 Å². The number of amides is 2. The van der Waals surface area contributed by atoms with E-state index in [0.29, 0.717) is 25.6 Å². The molecule has 180 valence electrons. The van der Waals surface area contributed by atoms with Gasteiger partial charge in [-0.15, -0.1) is 0 Å². The SMILES string of the molecule is CC(=O)O.Cc1ccccc1N=C(NC#N)N1CCN(C(=O)NC(C)C)C(c2ccccc2)C1. The first-order valence-electron chi connectivity index (χ1n) is 11.1. The monoisotopic (exact) mass is 464 g/mol. The highest BCUT2D eigenvalue weighted by molar-refractivity contribution is 5.85. The fourth-order valence-corrected chi connectivity index (χ4v) is 3.54. The lowest BCUT2D eigenvalue weighted by atomic mass is 10.0. The summed E-state index contributed by atoms with van der Waals surface area (Å²) in [4.78, 5) is 30.4. The largest absolute Gasteiger partial charge is 0.481 e. The predicted octanol–water partition coefficient (Wildman–Crippen LogP) is 3.62. The molecule has 1 atom stereocenters. The van der Waals surface area contributed by atoms with Gasteiger partial charge in [-0.2, -0.15) is 5.26 Å². The summed E-state index contributed by atoms with van der Waals surface area (Å²) in [6.45, 7) is 8.62. The molecular formula is C25H32N6O3. The summed E-state index contributed by atoms with van der Waals surface area (Å²) in [5, 5.41) is 22.4. The molecule has 1 saturated heterocycles. The van der Waals surface area contributed by atoms with Crippen LogP contribution in [0.3, 0.4) is 0 Å². The highest BCUT2D eigenvalue weighted by atomic mass is 16.4. The van der Waals surface area contributed by atoms with Crippen LogP contribution in [0.1, 0.15) is 37.9 Å². The maximum Gasteiger partial charge on any atom is 0.318 e. The number of rotatable bonds is 3. The van der Waals surface area contributed by atoms with Crippen LogP contribution in [0.4, 0.5) is 10.5 Å². The van der Waals surface area contributed by atoms with Crippen molar-refractivity contribution in [1.82, 2.24) is 20.4 Å². The second kappa shape index (κ2) is 12.8. The number of carbonyl (C=O) groups excluding carboxylic acids is 1. The number of carbonyl (C=O) groups is 2. The molecule has 0 saturated carbocycles. The number of nitrogens with one attached hydrogen (secondary N) is 2. The van der Waals surface area contributed by atoms with Crippen LogP contribution < -0.4 is 10.6 Å². The molecule has 0 bridgehead atoms. The second-order valence-corrected chi connectivity index (χ2v) is 8.15. The number of guanidine groups is 1. The molecule has 3 N–H and O–H groups in total. The molecular weight excluding hydrogens is 432 g/mol. The zero-order chi connectivity index (χ0) is 25.1. The third-order valence-corrected chi connectivity index (χ3v) is 5.05. The van der Waals surface area contributed by atoms with E-state index in [4.69, 9.17) is 14.9 Å². The van der Waals surface area contributed by atoms with Gasteiger partial charge >= 0.3 is 6.03 Å². The maximum absolute atomic E-state index is 12.8. The van der Waals surface area contributed by atoms with E-state index in [9.17, 15) is 10.1 Å². The van der Waals surface area contributed by atoms with Crippen molar-refractivity contribution >= 4 is 23.6 Å². The molecule has 0 aliphatic carbocycles. The molecule has 0 spiro atoms. The Morgan fingerprint density at radius 2 is 1.74 bits per heavy atom. The summed E-state index contributed by atoms with van der Waals surface area (Å²) in [7, 11) is 0. The van der Waals surface area contributed by atoms with E-state index in [1.807, 2.05) is 91.4 Å². The molecule has 2 aromatic carbocycles. The summed E-state index contributed by atoms with van der Waals surface area (Å²) >= 11 is 0. The molecule has 0 aromatic heterocycles. The molecule has 2 aromatic rings. The number of piperazine rings is 1. The van der Waals surface area contributed by atoms with Gasteiger partial charge in [0.1, 0.15) is 0 Å². The number of urea groups is 1. The number of carboxylic acid groups (broad SMARTS) is 1. The molecule has 1 heterocycles. The van der Waals surface area contributed by atoms with Crippen LogP contribution >= 0.6 is 0 Å². The van der Waals surface area contributed by atoms with Crippen molar-refractivity contribution in [2.75, 3.05) is 19.6 Å². The van der Waals surface area contributed by atoms with Crippen LogP contribution in [0.5, 0.6) is 0 Å². The van der Waals surface area contributed by atoms with Crippen molar-refractivity contribution in [3.8, 4) is 6.19 Å². The van der Waals surface area contributed by atoms with E-state index >= 15 is 0 Å². The van der Waals surface area contributed by atoms with Crippen LogP contribution in [0.15, 0.2) is 59.6 Å². The van der Waals surface area contributed by atoms with Crippen molar-refractivity contribution in [1.29, 1.82) is 5.26 Å². The topological polar surface area (TPSA) is 121 Å². The highest BCUT2D eigenvalue weighted by Gasteiger charge is 2.33.